The Morgan fingerprint density at radius 3 is 2.04 bits per heavy atom. The van der Waals surface area contributed by atoms with Crippen molar-refractivity contribution in [1.82, 2.24) is 0 Å². The van der Waals surface area contributed by atoms with Crippen LogP contribution in [-0.4, -0.2) is 11.6 Å². The molecule has 0 heterocycles. The maximum Gasteiger partial charge on any atom is 0.163 e. The van der Waals surface area contributed by atoms with Crippen LogP contribution in [0, 0.1) is 27.7 Å². The molecule has 0 unspecified atom stereocenters. The van der Waals surface area contributed by atoms with Gasteiger partial charge in [-0.15, -0.1) is 0 Å². The molecular formula is C22H24O2. The third-order valence-electron chi connectivity index (χ3n) is 5.36. The number of benzene rings is 2. The molecule has 0 amide bonds. The lowest BCUT2D eigenvalue weighted by molar-refractivity contribution is 0.0986. The lowest BCUT2D eigenvalue weighted by Gasteiger charge is -2.05. The minimum absolute atomic E-state index is 0.313. The van der Waals surface area contributed by atoms with E-state index in [1.165, 1.54) is 33.4 Å². The molecule has 2 nitrogen and oxygen atoms in total. The largest absolute Gasteiger partial charge is 0.294 e. The van der Waals surface area contributed by atoms with Crippen LogP contribution >= 0.6 is 0 Å². The Kier molecular flexibility index (Phi) is 4.40. The van der Waals surface area contributed by atoms with Gasteiger partial charge in [0.05, 0.1) is 0 Å². The Bertz CT molecular complexity index is 844. The molecule has 2 aromatic carbocycles. The van der Waals surface area contributed by atoms with Gasteiger partial charge in [-0.25, -0.2) is 0 Å². The van der Waals surface area contributed by atoms with Gasteiger partial charge in [-0.3, -0.25) is 9.59 Å². The molecule has 2 aromatic rings. The molecule has 0 saturated carbocycles. The smallest absolute Gasteiger partial charge is 0.163 e. The highest BCUT2D eigenvalue weighted by atomic mass is 16.1. The van der Waals surface area contributed by atoms with Crippen molar-refractivity contribution in [2.24, 2.45) is 0 Å². The molecule has 0 aromatic heterocycles. The number of rotatable bonds is 0. The average molecular weight is 320 g/mol. The first-order chi connectivity index (χ1) is 11.4. The summed E-state index contributed by atoms with van der Waals surface area (Å²) in [6, 6.07) is 8.37. The molecule has 2 aliphatic rings. The van der Waals surface area contributed by atoms with Crippen molar-refractivity contribution < 1.29 is 9.59 Å². The number of hydrogen-bond donors (Lipinski definition) is 0. The van der Waals surface area contributed by atoms with E-state index in [0.717, 1.165) is 24.0 Å². The summed E-state index contributed by atoms with van der Waals surface area (Å²) in [5.41, 5.74) is 9.35. The van der Waals surface area contributed by atoms with Gasteiger partial charge in [-0.05, 0) is 80.0 Å². The molecule has 0 spiro atoms. The van der Waals surface area contributed by atoms with Crippen molar-refractivity contribution in [3.05, 3.63) is 68.8 Å². The Morgan fingerprint density at radius 2 is 1.29 bits per heavy atom. The molecule has 0 fully saturated rings. The zero-order valence-electron chi connectivity index (χ0n) is 15.0. The second-order valence-electron chi connectivity index (χ2n) is 6.98. The molecule has 0 N–H and O–H groups in total. The molecule has 2 aliphatic carbocycles. The predicted molar refractivity (Wildman–Crippen MR) is 97.1 cm³/mol. The average Bonchev–Trinajstić information content (AvgIpc) is 3.09. The SMILES string of the molecule is Cc1cc2c(cc1C)C(=O)CC2.Cc1ccc2c(c1C)C(=O)CC2. The summed E-state index contributed by atoms with van der Waals surface area (Å²) in [6.45, 7) is 8.25. The van der Waals surface area contributed by atoms with Crippen molar-refractivity contribution in [2.75, 3.05) is 0 Å². The van der Waals surface area contributed by atoms with Crippen molar-refractivity contribution in [1.29, 1.82) is 0 Å². The van der Waals surface area contributed by atoms with E-state index in [4.69, 9.17) is 0 Å². The molecule has 124 valence electrons. The number of aryl methyl sites for hydroxylation is 5. The van der Waals surface area contributed by atoms with E-state index in [-0.39, 0.29) is 0 Å². The van der Waals surface area contributed by atoms with Crippen LogP contribution in [0.1, 0.15) is 66.9 Å². The van der Waals surface area contributed by atoms with Crippen LogP contribution in [0.3, 0.4) is 0 Å². The van der Waals surface area contributed by atoms with Gasteiger partial charge in [0.2, 0.25) is 0 Å². The predicted octanol–water partition coefficient (Wildman–Crippen LogP) is 4.86. The van der Waals surface area contributed by atoms with Crippen molar-refractivity contribution in [3.63, 3.8) is 0 Å². The molecule has 0 saturated heterocycles. The summed E-state index contributed by atoms with van der Waals surface area (Å²) >= 11 is 0. The first-order valence-corrected chi connectivity index (χ1v) is 8.64. The number of Topliss-reactive ketones (excluding diaryl/α,β-unsaturated/α-hetero) is 2. The Balaban J connectivity index is 0.000000141. The Hall–Kier alpha value is -2.22. The summed E-state index contributed by atoms with van der Waals surface area (Å²) in [4.78, 5) is 22.8. The molecule has 4 rings (SSSR count). The highest BCUT2D eigenvalue weighted by Crippen LogP contribution is 2.27. The van der Waals surface area contributed by atoms with E-state index in [2.05, 4.69) is 39.0 Å². The number of hydrogen-bond acceptors (Lipinski definition) is 2. The van der Waals surface area contributed by atoms with Gasteiger partial charge in [0, 0.05) is 24.0 Å². The molecule has 0 atom stereocenters. The van der Waals surface area contributed by atoms with Crippen LogP contribution in [0.15, 0.2) is 24.3 Å². The van der Waals surface area contributed by atoms with Gasteiger partial charge in [-0.2, -0.15) is 0 Å². The first kappa shape index (κ1) is 16.6. The van der Waals surface area contributed by atoms with Gasteiger partial charge >= 0.3 is 0 Å². The maximum absolute atomic E-state index is 11.4. The van der Waals surface area contributed by atoms with Crippen LogP contribution in [0.5, 0.6) is 0 Å². The molecule has 0 radical (unpaired) electrons. The van der Waals surface area contributed by atoms with Crippen LogP contribution in [0.4, 0.5) is 0 Å². The number of ketones is 2. The van der Waals surface area contributed by atoms with Crippen LogP contribution in [0.25, 0.3) is 0 Å². The van der Waals surface area contributed by atoms with Gasteiger partial charge in [0.25, 0.3) is 0 Å². The highest BCUT2D eigenvalue weighted by Gasteiger charge is 2.21. The van der Waals surface area contributed by atoms with Crippen molar-refractivity contribution in [2.45, 2.75) is 53.4 Å². The fraction of sp³-hybridized carbons (Fsp3) is 0.364. The summed E-state index contributed by atoms with van der Waals surface area (Å²) < 4.78 is 0. The summed E-state index contributed by atoms with van der Waals surface area (Å²) in [5.74, 6) is 0.638. The first-order valence-electron chi connectivity index (χ1n) is 8.64. The zero-order valence-corrected chi connectivity index (χ0v) is 15.0. The second kappa shape index (κ2) is 6.35. The van der Waals surface area contributed by atoms with Gasteiger partial charge in [-0.1, -0.05) is 18.2 Å². The van der Waals surface area contributed by atoms with Crippen LogP contribution < -0.4 is 0 Å². The fourth-order valence-corrected chi connectivity index (χ4v) is 3.57. The normalized spacial score (nSPS) is 15.0. The Labute approximate surface area is 143 Å². The van der Waals surface area contributed by atoms with Gasteiger partial charge < -0.3 is 0 Å². The number of fused-ring (bicyclic) bond motifs is 2. The topological polar surface area (TPSA) is 34.1 Å². The van der Waals surface area contributed by atoms with Gasteiger partial charge in [0.15, 0.2) is 11.6 Å². The minimum Gasteiger partial charge on any atom is -0.294 e. The second-order valence-corrected chi connectivity index (χ2v) is 6.98. The standard InChI is InChI=1S/2C11H12O/c1-7-5-9-3-4-11(12)10(9)6-8(7)2;1-7-3-4-9-5-6-10(12)11(9)8(7)2/h5-6H,3-4H2,1-2H3;3-4H,5-6H2,1-2H3. The molecule has 2 heteroatoms. The lowest BCUT2D eigenvalue weighted by Crippen LogP contribution is -1.97. The molecular weight excluding hydrogens is 296 g/mol. The minimum atomic E-state index is 0.313. The van der Waals surface area contributed by atoms with E-state index >= 15 is 0 Å². The number of carbonyl (C=O) groups excluding carboxylic acids is 2. The quantitative estimate of drug-likeness (QED) is 0.694. The van der Waals surface area contributed by atoms with E-state index in [1.54, 1.807) is 0 Å². The number of carbonyl (C=O) groups is 2. The summed E-state index contributed by atoms with van der Waals surface area (Å²) in [7, 11) is 0. The molecule has 0 bridgehead atoms. The highest BCUT2D eigenvalue weighted by molar-refractivity contribution is 6.02. The van der Waals surface area contributed by atoms with Crippen molar-refractivity contribution >= 4 is 11.6 Å². The fourth-order valence-electron chi connectivity index (χ4n) is 3.57. The maximum atomic E-state index is 11.4. The zero-order chi connectivity index (χ0) is 17.4. The van der Waals surface area contributed by atoms with E-state index in [1.807, 2.05) is 13.0 Å². The van der Waals surface area contributed by atoms with Crippen LogP contribution in [-0.2, 0) is 12.8 Å². The van der Waals surface area contributed by atoms with Crippen molar-refractivity contribution in [3.8, 4) is 0 Å². The van der Waals surface area contributed by atoms with E-state index in [9.17, 15) is 9.59 Å². The summed E-state index contributed by atoms with van der Waals surface area (Å²) in [6.07, 6.45) is 3.29. The molecule has 24 heavy (non-hydrogen) atoms. The third-order valence-corrected chi connectivity index (χ3v) is 5.36. The third kappa shape index (κ3) is 2.93. The monoisotopic (exact) mass is 320 g/mol. The van der Waals surface area contributed by atoms with E-state index < -0.39 is 0 Å². The Morgan fingerprint density at radius 1 is 0.667 bits per heavy atom. The molecule has 0 aliphatic heterocycles. The summed E-state index contributed by atoms with van der Waals surface area (Å²) in [5, 5.41) is 0. The van der Waals surface area contributed by atoms with Gasteiger partial charge in [0.1, 0.15) is 0 Å². The van der Waals surface area contributed by atoms with E-state index in [0.29, 0.717) is 24.4 Å². The lowest BCUT2D eigenvalue weighted by atomic mass is 9.99. The van der Waals surface area contributed by atoms with Crippen LogP contribution in [0.2, 0.25) is 0 Å².